The normalized spacial score (nSPS) is 15.5. The fourth-order valence-corrected chi connectivity index (χ4v) is 4.16. The molecule has 0 amide bonds. The number of allylic oxidation sites excluding steroid dienone is 12. The highest BCUT2D eigenvalue weighted by Crippen LogP contribution is 2.29. The van der Waals surface area contributed by atoms with Gasteiger partial charge in [-0.2, -0.15) is 0 Å². The van der Waals surface area contributed by atoms with Crippen LogP contribution in [0.25, 0.3) is 41.5 Å². The monoisotopic (exact) mass is 449 g/mol. The van der Waals surface area contributed by atoms with Crippen molar-refractivity contribution in [1.29, 1.82) is 0 Å². The zero-order valence-corrected chi connectivity index (χ0v) is 22.0. The van der Waals surface area contributed by atoms with Crippen molar-refractivity contribution >= 4 is 41.5 Å². The molecule has 0 N–H and O–H groups in total. The summed E-state index contributed by atoms with van der Waals surface area (Å²) in [6.07, 6.45) is 25.2. The topological polar surface area (TPSA) is 4.41 Å². The van der Waals surface area contributed by atoms with Gasteiger partial charge in [0.05, 0.1) is 16.6 Å². The second-order valence-electron chi connectivity index (χ2n) is 8.52. The molecule has 0 atom stereocenters. The molecule has 1 heteroatoms. The molecule has 0 spiro atoms. The third-order valence-electron chi connectivity index (χ3n) is 6.01. The van der Waals surface area contributed by atoms with Crippen LogP contribution >= 0.6 is 0 Å². The molecule has 2 rings (SSSR count). The van der Waals surface area contributed by atoms with Gasteiger partial charge in [0.1, 0.15) is 0 Å². The quantitative estimate of drug-likeness (QED) is 0.372. The maximum Gasteiger partial charge on any atom is 0.0614 e. The Morgan fingerprint density at radius 1 is 0.824 bits per heavy atom. The van der Waals surface area contributed by atoms with E-state index >= 15 is 0 Å². The molecule has 0 radical (unpaired) electrons. The Labute approximate surface area is 205 Å². The van der Waals surface area contributed by atoms with Crippen molar-refractivity contribution in [2.24, 2.45) is 0 Å². The van der Waals surface area contributed by atoms with Crippen LogP contribution in [0, 0.1) is 0 Å². The third kappa shape index (κ3) is 5.31. The van der Waals surface area contributed by atoms with Gasteiger partial charge in [0, 0.05) is 21.6 Å². The lowest BCUT2D eigenvalue weighted by Gasteiger charge is -2.06. The summed E-state index contributed by atoms with van der Waals surface area (Å²) < 4.78 is 2.38. The minimum atomic E-state index is 1.02. The highest BCUT2D eigenvalue weighted by atomic mass is 14.9. The average molecular weight is 450 g/mol. The lowest BCUT2D eigenvalue weighted by Crippen LogP contribution is -2.35. The molecule has 0 aliphatic rings. The predicted molar refractivity (Wildman–Crippen MR) is 157 cm³/mol. The molecule has 2 aromatic heterocycles. The first kappa shape index (κ1) is 26.7. The molecule has 0 aromatic carbocycles. The Hall–Kier alpha value is -3.58. The van der Waals surface area contributed by atoms with Crippen LogP contribution in [-0.4, -0.2) is 4.40 Å². The van der Waals surface area contributed by atoms with Crippen molar-refractivity contribution in [2.45, 2.75) is 48.5 Å². The summed E-state index contributed by atoms with van der Waals surface area (Å²) >= 11 is 0. The van der Waals surface area contributed by atoms with Gasteiger partial charge in [0.25, 0.3) is 0 Å². The van der Waals surface area contributed by atoms with Crippen molar-refractivity contribution in [1.82, 2.24) is 4.40 Å². The summed E-state index contributed by atoms with van der Waals surface area (Å²) in [5, 5.41) is 3.31. The average Bonchev–Trinajstić information content (AvgIpc) is 3.27. The second-order valence-corrected chi connectivity index (χ2v) is 8.52. The van der Waals surface area contributed by atoms with E-state index in [-0.39, 0.29) is 0 Å². The van der Waals surface area contributed by atoms with Crippen molar-refractivity contribution in [3.05, 3.63) is 112 Å². The summed E-state index contributed by atoms with van der Waals surface area (Å²) in [5.74, 6) is 0. The van der Waals surface area contributed by atoms with E-state index in [1.807, 2.05) is 12.2 Å². The Kier molecular flexibility index (Phi) is 9.45. The fourth-order valence-electron chi connectivity index (χ4n) is 4.16. The first-order valence-corrected chi connectivity index (χ1v) is 11.8. The van der Waals surface area contributed by atoms with E-state index in [0.29, 0.717) is 0 Å². The van der Waals surface area contributed by atoms with Crippen LogP contribution < -0.4 is 15.8 Å². The lowest BCUT2D eigenvalue weighted by molar-refractivity contribution is 1.11. The molecule has 2 aromatic rings. The molecule has 0 saturated heterocycles. The maximum atomic E-state index is 4.58. The van der Waals surface area contributed by atoms with E-state index in [9.17, 15) is 0 Å². The molecule has 2 heterocycles. The zero-order chi connectivity index (χ0) is 25.4. The highest BCUT2D eigenvalue weighted by Gasteiger charge is 2.20. The summed E-state index contributed by atoms with van der Waals surface area (Å²) in [7, 11) is 0. The van der Waals surface area contributed by atoms with E-state index in [1.165, 1.54) is 22.3 Å². The first-order valence-electron chi connectivity index (χ1n) is 11.8. The van der Waals surface area contributed by atoms with Crippen LogP contribution in [-0.2, 0) is 0 Å². The fraction of sp³-hybridized carbons (Fsp3) is 0.212. The molecule has 0 saturated carbocycles. The van der Waals surface area contributed by atoms with Gasteiger partial charge in [-0.25, -0.2) is 0 Å². The minimum absolute atomic E-state index is 1.02. The summed E-state index contributed by atoms with van der Waals surface area (Å²) in [5.41, 5.74) is 9.34. The van der Waals surface area contributed by atoms with E-state index in [0.717, 1.165) is 38.1 Å². The Balaban J connectivity index is 3.40. The molecule has 34 heavy (non-hydrogen) atoms. The molecule has 0 fully saturated rings. The Morgan fingerprint density at radius 3 is 2.09 bits per heavy atom. The SMILES string of the molecule is C=C/C=C(\C)c1c(/C=C\C(C)=C\C)c(/C=C\C)c2c(=C)c(=C/C=C(\C)C=C)/c(=C(C)/C=C\C)n12. The van der Waals surface area contributed by atoms with Crippen LogP contribution in [0.2, 0.25) is 0 Å². The van der Waals surface area contributed by atoms with Crippen molar-refractivity contribution in [2.75, 3.05) is 0 Å². The number of hydrogen-bond acceptors (Lipinski definition) is 0. The van der Waals surface area contributed by atoms with Crippen molar-refractivity contribution in [3.63, 3.8) is 0 Å². The maximum absolute atomic E-state index is 4.58. The van der Waals surface area contributed by atoms with Gasteiger partial charge < -0.3 is 4.40 Å². The van der Waals surface area contributed by atoms with E-state index in [4.69, 9.17) is 0 Å². The predicted octanol–water partition coefficient (Wildman–Crippen LogP) is 7.33. The molecular formula is C33H39N. The molecule has 0 aliphatic carbocycles. The molecule has 1 nitrogen and oxygen atoms in total. The highest BCUT2D eigenvalue weighted by molar-refractivity contribution is 5.89. The van der Waals surface area contributed by atoms with Crippen LogP contribution in [0.15, 0.2) is 79.0 Å². The van der Waals surface area contributed by atoms with Crippen LogP contribution in [0.3, 0.4) is 0 Å². The van der Waals surface area contributed by atoms with Crippen LogP contribution in [0.4, 0.5) is 0 Å². The molecule has 0 bridgehead atoms. The number of fused-ring (bicyclic) bond motifs is 1. The molecule has 0 unspecified atom stereocenters. The number of rotatable bonds is 8. The van der Waals surface area contributed by atoms with Gasteiger partial charge in [-0.3, -0.25) is 0 Å². The minimum Gasteiger partial charge on any atom is -0.307 e. The first-order chi connectivity index (χ1) is 16.3. The Bertz CT molecular complexity index is 1440. The largest absolute Gasteiger partial charge is 0.307 e. The van der Waals surface area contributed by atoms with E-state index in [2.05, 4.69) is 133 Å². The van der Waals surface area contributed by atoms with Gasteiger partial charge in [-0.15, -0.1) is 0 Å². The number of hydrogen-bond donors (Lipinski definition) is 0. The summed E-state index contributed by atoms with van der Waals surface area (Å²) in [6.45, 7) is 27.1. The summed E-state index contributed by atoms with van der Waals surface area (Å²) in [6, 6.07) is 0. The van der Waals surface area contributed by atoms with E-state index < -0.39 is 0 Å². The lowest BCUT2D eigenvalue weighted by atomic mass is 10.0. The van der Waals surface area contributed by atoms with Gasteiger partial charge in [0.2, 0.25) is 0 Å². The molecule has 0 aliphatic heterocycles. The van der Waals surface area contributed by atoms with Gasteiger partial charge >= 0.3 is 0 Å². The third-order valence-corrected chi connectivity index (χ3v) is 6.01. The van der Waals surface area contributed by atoms with Crippen LogP contribution in [0.5, 0.6) is 0 Å². The standard InChI is InChI=1S/C33H39N/c1-11-16-25(8)31-28(21-19-23(6)14-4)27(10)33-29(18-13-3)30(22-20-24(7)15-5)32(34(31)33)26(9)17-12-2/h11-22H,2,4,10H2,1,3,5-9H3/b16-11-,18-13-,22-20-,23-19+,24-15+,26-17+,28-21-,31-25-. The van der Waals surface area contributed by atoms with E-state index in [1.54, 1.807) is 0 Å². The number of aromatic nitrogens is 1. The number of nitrogens with zero attached hydrogens (tertiary/aromatic N) is 1. The molecule has 176 valence electrons. The summed E-state index contributed by atoms with van der Waals surface area (Å²) in [4.78, 5) is 0. The van der Waals surface area contributed by atoms with Crippen LogP contribution in [0.1, 0.15) is 65.3 Å². The van der Waals surface area contributed by atoms with Gasteiger partial charge in [-0.1, -0.05) is 104 Å². The second kappa shape index (κ2) is 12.0. The van der Waals surface area contributed by atoms with Crippen molar-refractivity contribution < 1.29 is 0 Å². The van der Waals surface area contributed by atoms with Gasteiger partial charge in [0.15, 0.2) is 0 Å². The van der Waals surface area contributed by atoms with Gasteiger partial charge in [-0.05, 0) is 59.6 Å². The Morgan fingerprint density at radius 2 is 1.53 bits per heavy atom. The van der Waals surface area contributed by atoms with Crippen molar-refractivity contribution in [3.8, 4) is 0 Å². The smallest absolute Gasteiger partial charge is 0.0614 e. The zero-order valence-electron chi connectivity index (χ0n) is 22.0. The molecular weight excluding hydrogens is 410 g/mol.